The number of amides is 2. The average molecular weight is 192 g/mol. The van der Waals surface area contributed by atoms with E-state index in [4.69, 9.17) is 5.26 Å². The van der Waals surface area contributed by atoms with Gasteiger partial charge in [-0.3, -0.25) is 14.9 Å². The lowest BCUT2D eigenvalue weighted by Crippen LogP contribution is -2.52. The highest BCUT2D eigenvalue weighted by Gasteiger charge is 2.44. The number of imide groups is 1. The van der Waals surface area contributed by atoms with E-state index in [9.17, 15) is 9.59 Å². The van der Waals surface area contributed by atoms with Crippen LogP contribution in [0, 0.1) is 29.1 Å². The second-order valence-corrected chi connectivity index (χ2v) is 4.02. The first-order valence-corrected chi connectivity index (χ1v) is 4.98. The molecule has 14 heavy (non-hydrogen) atoms. The van der Waals surface area contributed by atoms with E-state index in [2.05, 4.69) is 5.32 Å². The zero-order valence-corrected chi connectivity index (χ0v) is 7.82. The Hall–Kier alpha value is -1.37. The van der Waals surface area contributed by atoms with Crippen LogP contribution >= 0.6 is 0 Å². The van der Waals surface area contributed by atoms with E-state index in [1.165, 1.54) is 0 Å². The van der Waals surface area contributed by atoms with Gasteiger partial charge in [0.2, 0.25) is 11.8 Å². The van der Waals surface area contributed by atoms with Crippen molar-refractivity contribution in [3.8, 4) is 6.07 Å². The number of nitriles is 1. The predicted molar refractivity (Wildman–Crippen MR) is 47.7 cm³/mol. The number of hydrogen-bond donors (Lipinski definition) is 1. The lowest BCUT2D eigenvalue weighted by atomic mass is 9.70. The first-order chi connectivity index (χ1) is 6.74. The zero-order chi connectivity index (χ0) is 10.1. The predicted octanol–water partition coefficient (Wildman–Crippen LogP) is 0.589. The lowest BCUT2D eigenvalue weighted by Gasteiger charge is -2.36. The maximum atomic E-state index is 11.5. The van der Waals surface area contributed by atoms with Gasteiger partial charge in [0.05, 0.1) is 6.07 Å². The smallest absolute Gasteiger partial charge is 0.244 e. The summed E-state index contributed by atoms with van der Waals surface area (Å²) in [5, 5.41) is 11.1. The zero-order valence-electron chi connectivity index (χ0n) is 7.82. The minimum absolute atomic E-state index is 0.0324. The van der Waals surface area contributed by atoms with Crippen LogP contribution in [0.2, 0.25) is 0 Å². The molecule has 0 spiro atoms. The molecule has 1 N–H and O–H groups in total. The highest BCUT2D eigenvalue weighted by Crippen LogP contribution is 2.37. The van der Waals surface area contributed by atoms with Crippen molar-refractivity contribution in [3.63, 3.8) is 0 Å². The number of rotatable bonds is 0. The van der Waals surface area contributed by atoms with Gasteiger partial charge in [0.15, 0.2) is 0 Å². The molecule has 1 aliphatic carbocycles. The fourth-order valence-corrected chi connectivity index (χ4v) is 2.52. The van der Waals surface area contributed by atoms with Crippen molar-refractivity contribution in [2.75, 3.05) is 0 Å². The summed E-state index contributed by atoms with van der Waals surface area (Å²) in [7, 11) is 0. The molecular formula is C10H12N2O2. The fraction of sp³-hybridized carbons (Fsp3) is 0.700. The van der Waals surface area contributed by atoms with Crippen molar-refractivity contribution in [3.05, 3.63) is 0 Å². The van der Waals surface area contributed by atoms with Gasteiger partial charge in [-0.05, 0) is 18.8 Å². The summed E-state index contributed by atoms with van der Waals surface area (Å²) >= 11 is 0. The molecule has 2 amide bonds. The summed E-state index contributed by atoms with van der Waals surface area (Å²) < 4.78 is 0. The summed E-state index contributed by atoms with van der Waals surface area (Å²) in [4.78, 5) is 22.8. The largest absolute Gasteiger partial charge is 0.295 e. The van der Waals surface area contributed by atoms with Crippen molar-refractivity contribution in [1.29, 1.82) is 5.26 Å². The molecule has 74 valence electrons. The van der Waals surface area contributed by atoms with Crippen LogP contribution in [-0.2, 0) is 9.59 Å². The van der Waals surface area contributed by atoms with Gasteiger partial charge < -0.3 is 0 Å². The van der Waals surface area contributed by atoms with Crippen LogP contribution in [0.25, 0.3) is 0 Å². The first kappa shape index (κ1) is 9.20. The first-order valence-electron chi connectivity index (χ1n) is 4.98. The number of nitrogens with zero attached hydrogens (tertiary/aromatic N) is 1. The van der Waals surface area contributed by atoms with Crippen LogP contribution in [0.3, 0.4) is 0 Å². The third-order valence-electron chi connectivity index (χ3n) is 3.25. The van der Waals surface area contributed by atoms with E-state index in [1.807, 2.05) is 6.07 Å². The van der Waals surface area contributed by atoms with E-state index in [0.29, 0.717) is 0 Å². The SMILES string of the molecule is N#C[C@@H]1C(=O)NC(=O)[C@@H]2CCCC[C@H]12. The molecule has 0 unspecified atom stereocenters. The Bertz CT molecular complexity index is 319. The molecule has 0 aromatic rings. The molecule has 1 heterocycles. The van der Waals surface area contributed by atoms with Crippen LogP contribution in [0.1, 0.15) is 25.7 Å². The molecule has 2 rings (SSSR count). The molecule has 4 heteroatoms. The van der Waals surface area contributed by atoms with Crippen molar-refractivity contribution >= 4 is 11.8 Å². The van der Waals surface area contributed by atoms with Gasteiger partial charge in [-0.2, -0.15) is 5.26 Å². The molecule has 0 aromatic heterocycles. The number of fused-ring (bicyclic) bond motifs is 1. The van der Waals surface area contributed by atoms with Crippen LogP contribution in [-0.4, -0.2) is 11.8 Å². The highest BCUT2D eigenvalue weighted by molar-refractivity contribution is 6.01. The minimum atomic E-state index is -0.613. The van der Waals surface area contributed by atoms with Crippen molar-refractivity contribution in [1.82, 2.24) is 5.32 Å². The summed E-state index contributed by atoms with van der Waals surface area (Å²) in [5.74, 6) is -1.33. The molecule has 1 saturated heterocycles. The van der Waals surface area contributed by atoms with Gasteiger partial charge in [0.1, 0.15) is 5.92 Å². The van der Waals surface area contributed by atoms with Crippen LogP contribution < -0.4 is 5.32 Å². The lowest BCUT2D eigenvalue weighted by molar-refractivity contribution is -0.143. The fourth-order valence-electron chi connectivity index (χ4n) is 2.52. The number of hydrogen-bond acceptors (Lipinski definition) is 3. The monoisotopic (exact) mass is 192 g/mol. The molecule has 1 aliphatic heterocycles. The van der Waals surface area contributed by atoms with Gasteiger partial charge in [0, 0.05) is 5.92 Å². The summed E-state index contributed by atoms with van der Waals surface area (Å²) in [6.07, 6.45) is 3.71. The molecule has 1 saturated carbocycles. The van der Waals surface area contributed by atoms with Crippen molar-refractivity contribution in [2.45, 2.75) is 25.7 Å². The van der Waals surface area contributed by atoms with E-state index in [0.717, 1.165) is 25.7 Å². The van der Waals surface area contributed by atoms with Crippen molar-refractivity contribution in [2.24, 2.45) is 17.8 Å². The van der Waals surface area contributed by atoms with E-state index >= 15 is 0 Å². The Morgan fingerprint density at radius 3 is 2.64 bits per heavy atom. The summed E-state index contributed by atoms with van der Waals surface area (Å²) in [5.41, 5.74) is 0. The third kappa shape index (κ3) is 1.29. The average Bonchev–Trinajstić information content (AvgIpc) is 2.18. The van der Waals surface area contributed by atoms with Gasteiger partial charge in [-0.1, -0.05) is 12.8 Å². The molecule has 2 fully saturated rings. The summed E-state index contributed by atoms with van der Waals surface area (Å²) in [6, 6.07) is 2.01. The number of carbonyl (C=O) groups excluding carboxylic acids is 2. The van der Waals surface area contributed by atoms with Gasteiger partial charge in [-0.25, -0.2) is 0 Å². The minimum Gasteiger partial charge on any atom is -0.295 e. The number of nitrogens with one attached hydrogen (secondary N) is 1. The highest BCUT2D eigenvalue weighted by atomic mass is 16.2. The van der Waals surface area contributed by atoms with Gasteiger partial charge in [0.25, 0.3) is 0 Å². The van der Waals surface area contributed by atoms with Gasteiger partial charge in [-0.15, -0.1) is 0 Å². The Morgan fingerprint density at radius 1 is 1.21 bits per heavy atom. The van der Waals surface area contributed by atoms with Crippen LogP contribution in [0.4, 0.5) is 0 Å². The second-order valence-electron chi connectivity index (χ2n) is 4.02. The van der Waals surface area contributed by atoms with Crippen LogP contribution in [0.15, 0.2) is 0 Å². The molecule has 0 radical (unpaired) electrons. The third-order valence-corrected chi connectivity index (χ3v) is 3.25. The molecule has 0 aromatic carbocycles. The van der Waals surface area contributed by atoms with Gasteiger partial charge >= 0.3 is 0 Å². The maximum absolute atomic E-state index is 11.5. The van der Waals surface area contributed by atoms with Crippen LogP contribution in [0.5, 0.6) is 0 Å². The number of piperidine rings is 1. The standard InChI is InChI=1S/C10H12N2O2/c11-5-8-6-3-1-2-4-7(6)9(13)12-10(8)14/h6-8H,1-4H2,(H,12,13,14)/t6-,7+,8-/m0/s1. The molecule has 3 atom stereocenters. The Labute approximate surface area is 82.3 Å². The molecule has 4 nitrogen and oxygen atoms in total. The van der Waals surface area contributed by atoms with E-state index < -0.39 is 11.8 Å². The Morgan fingerprint density at radius 2 is 1.93 bits per heavy atom. The van der Waals surface area contributed by atoms with E-state index in [-0.39, 0.29) is 17.7 Å². The van der Waals surface area contributed by atoms with Crippen molar-refractivity contribution < 1.29 is 9.59 Å². The topological polar surface area (TPSA) is 70.0 Å². The molecule has 0 bridgehead atoms. The Balaban J connectivity index is 2.25. The maximum Gasteiger partial charge on any atom is 0.244 e. The Kier molecular flexibility index (Phi) is 2.24. The summed E-state index contributed by atoms with van der Waals surface area (Å²) in [6.45, 7) is 0. The second kappa shape index (κ2) is 3.41. The quantitative estimate of drug-likeness (QED) is 0.571. The molecular weight excluding hydrogens is 180 g/mol. The molecule has 2 aliphatic rings. The normalized spacial score (nSPS) is 36.9. The number of carbonyl (C=O) groups is 2. The van der Waals surface area contributed by atoms with E-state index in [1.54, 1.807) is 0 Å².